The summed E-state index contributed by atoms with van der Waals surface area (Å²) in [4.78, 5) is 11.1. The van der Waals surface area contributed by atoms with Gasteiger partial charge < -0.3 is 5.11 Å². The Bertz CT molecular complexity index is 586. The van der Waals surface area contributed by atoms with E-state index in [9.17, 15) is 13.2 Å². The Balaban J connectivity index is 3.16. The van der Waals surface area contributed by atoms with Crippen LogP contribution in [0.15, 0.2) is 18.2 Å². The highest BCUT2D eigenvalue weighted by Gasteiger charge is 2.22. The number of carbonyl (C=O) groups is 1. The molecule has 0 atom stereocenters. The van der Waals surface area contributed by atoms with Gasteiger partial charge in [0.25, 0.3) is 0 Å². The third-order valence-corrected chi connectivity index (χ3v) is 4.45. The van der Waals surface area contributed by atoms with Gasteiger partial charge in [-0.2, -0.15) is 12.7 Å². The van der Waals surface area contributed by atoms with Gasteiger partial charge in [0.2, 0.25) is 0 Å². The zero-order valence-electron chi connectivity index (χ0n) is 10.7. The topological polar surface area (TPSA) is 86.7 Å². The Morgan fingerprint density at radius 2 is 2.00 bits per heavy atom. The molecule has 0 aliphatic rings. The van der Waals surface area contributed by atoms with Crippen molar-refractivity contribution in [2.45, 2.75) is 19.9 Å². The third kappa shape index (κ3) is 3.82. The van der Waals surface area contributed by atoms with Crippen LogP contribution in [0, 0.1) is 0 Å². The van der Waals surface area contributed by atoms with Crippen molar-refractivity contribution >= 4 is 33.5 Å². The average Bonchev–Trinajstić information content (AvgIpc) is 2.29. The van der Waals surface area contributed by atoms with Crippen molar-refractivity contribution in [3.8, 4) is 0 Å². The highest BCUT2D eigenvalue weighted by Crippen LogP contribution is 2.22. The maximum Gasteiger partial charge on any atom is 0.337 e. The molecule has 6 nitrogen and oxygen atoms in total. The molecule has 0 spiro atoms. The summed E-state index contributed by atoms with van der Waals surface area (Å²) in [6.45, 7) is 3.42. The average molecular weight is 307 g/mol. The molecule has 0 saturated carbocycles. The van der Waals surface area contributed by atoms with Crippen LogP contribution in [-0.4, -0.2) is 36.9 Å². The molecule has 0 aliphatic carbocycles. The predicted octanol–water partition coefficient (Wildman–Crippen LogP) is 2.04. The van der Waals surface area contributed by atoms with Crippen LogP contribution >= 0.6 is 11.6 Å². The number of benzene rings is 1. The van der Waals surface area contributed by atoms with E-state index >= 15 is 0 Å². The third-order valence-electron chi connectivity index (χ3n) is 2.56. The van der Waals surface area contributed by atoms with E-state index in [0.717, 1.165) is 4.31 Å². The summed E-state index contributed by atoms with van der Waals surface area (Å²) in [6, 6.07) is 3.67. The molecule has 0 bridgehead atoms. The normalized spacial score (nSPS) is 11.9. The first-order valence-electron chi connectivity index (χ1n) is 5.43. The van der Waals surface area contributed by atoms with Crippen LogP contribution in [0.4, 0.5) is 5.69 Å². The molecule has 1 aromatic carbocycles. The van der Waals surface area contributed by atoms with Crippen molar-refractivity contribution in [3.63, 3.8) is 0 Å². The number of aromatic carboxylic acids is 1. The molecule has 1 aromatic rings. The first-order chi connectivity index (χ1) is 8.65. The minimum atomic E-state index is -3.80. The van der Waals surface area contributed by atoms with Gasteiger partial charge in [-0.3, -0.25) is 4.72 Å². The van der Waals surface area contributed by atoms with Crippen LogP contribution in [0.5, 0.6) is 0 Å². The van der Waals surface area contributed by atoms with E-state index in [1.165, 1.54) is 25.2 Å². The summed E-state index contributed by atoms with van der Waals surface area (Å²) in [5.41, 5.74) is -0.224. The molecule has 0 heterocycles. The first kappa shape index (κ1) is 15.7. The molecule has 0 aromatic heterocycles. The largest absolute Gasteiger partial charge is 0.478 e. The number of nitrogens with one attached hydrogen (secondary N) is 1. The lowest BCUT2D eigenvalue weighted by Gasteiger charge is -2.22. The van der Waals surface area contributed by atoms with Crippen LogP contribution in [-0.2, 0) is 10.2 Å². The molecule has 0 unspecified atom stereocenters. The van der Waals surface area contributed by atoms with Gasteiger partial charge in [-0.05, 0) is 32.0 Å². The van der Waals surface area contributed by atoms with Crippen LogP contribution in [0.2, 0.25) is 5.02 Å². The number of hydrogen-bond donors (Lipinski definition) is 2. The number of carboxylic acid groups (broad SMARTS) is 1. The number of rotatable bonds is 5. The smallest absolute Gasteiger partial charge is 0.337 e. The van der Waals surface area contributed by atoms with Crippen molar-refractivity contribution in [1.82, 2.24) is 4.31 Å². The lowest BCUT2D eigenvalue weighted by Crippen LogP contribution is -2.37. The molecule has 8 heteroatoms. The second-order valence-corrected chi connectivity index (χ2v) is 6.38. The molecule has 1 rings (SSSR count). The number of nitrogens with zero attached hydrogens (tertiary/aromatic N) is 1. The Labute approximate surface area is 117 Å². The van der Waals surface area contributed by atoms with Crippen molar-refractivity contribution in [3.05, 3.63) is 28.8 Å². The van der Waals surface area contributed by atoms with Gasteiger partial charge in [0.05, 0.1) is 11.3 Å². The summed E-state index contributed by atoms with van der Waals surface area (Å²) in [5, 5.41) is 9.25. The summed E-state index contributed by atoms with van der Waals surface area (Å²) < 4.78 is 27.3. The molecule has 106 valence electrons. The molecule has 0 radical (unpaired) electrons. The van der Waals surface area contributed by atoms with E-state index in [-0.39, 0.29) is 22.3 Å². The Hall–Kier alpha value is -1.31. The number of carboxylic acids is 1. The highest BCUT2D eigenvalue weighted by atomic mass is 35.5. The molecule has 2 N–H and O–H groups in total. The van der Waals surface area contributed by atoms with Crippen LogP contribution in [0.3, 0.4) is 0 Å². The predicted molar refractivity (Wildman–Crippen MR) is 73.9 cm³/mol. The van der Waals surface area contributed by atoms with E-state index in [4.69, 9.17) is 16.7 Å². The van der Waals surface area contributed by atoms with Gasteiger partial charge in [0, 0.05) is 18.1 Å². The zero-order chi connectivity index (χ0) is 14.8. The van der Waals surface area contributed by atoms with Gasteiger partial charge in [0.15, 0.2) is 0 Å². The SMILES string of the molecule is CC(C)N(C)S(=O)(=O)Nc1ccc(Cl)cc1C(=O)O. The highest BCUT2D eigenvalue weighted by molar-refractivity contribution is 7.90. The summed E-state index contributed by atoms with van der Waals surface area (Å²) in [5.74, 6) is -1.26. The number of halogens is 1. The molecular formula is C11H15ClN2O4S. The van der Waals surface area contributed by atoms with E-state index in [1.54, 1.807) is 13.8 Å². The maximum atomic E-state index is 12.0. The fourth-order valence-electron chi connectivity index (χ4n) is 1.27. The number of hydrogen-bond acceptors (Lipinski definition) is 3. The van der Waals surface area contributed by atoms with Gasteiger partial charge in [-0.25, -0.2) is 4.79 Å². The fourth-order valence-corrected chi connectivity index (χ4v) is 2.60. The monoisotopic (exact) mass is 306 g/mol. The Kier molecular flexibility index (Phi) is 4.78. The lowest BCUT2D eigenvalue weighted by molar-refractivity contribution is 0.0698. The maximum absolute atomic E-state index is 12.0. The summed E-state index contributed by atoms with van der Waals surface area (Å²) >= 11 is 5.69. The Morgan fingerprint density at radius 3 is 2.47 bits per heavy atom. The summed E-state index contributed by atoms with van der Waals surface area (Å²) in [7, 11) is -2.40. The van der Waals surface area contributed by atoms with Gasteiger partial charge in [0.1, 0.15) is 0 Å². The van der Waals surface area contributed by atoms with Crippen molar-refractivity contribution in [1.29, 1.82) is 0 Å². The van der Waals surface area contributed by atoms with Crippen LogP contribution < -0.4 is 4.72 Å². The van der Waals surface area contributed by atoms with Gasteiger partial charge in [-0.15, -0.1) is 0 Å². The lowest BCUT2D eigenvalue weighted by atomic mass is 10.2. The fraction of sp³-hybridized carbons (Fsp3) is 0.364. The summed E-state index contributed by atoms with van der Waals surface area (Å²) in [6.07, 6.45) is 0. The first-order valence-corrected chi connectivity index (χ1v) is 7.25. The van der Waals surface area contributed by atoms with E-state index < -0.39 is 16.2 Å². The van der Waals surface area contributed by atoms with Crippen molar-refractivity contribution < 1.29 is 18.3 Å². The van der Waals surface area contributed by atoms with Crippen LogP contribution in [0.25, 0.3) is 0 Å². The van der Waals surface area contributed by atoms with Crippen molar-refractivity contribution in [2.24, 2.45) is 0 Å². The molecule has 0 amide bonds. The number of anilines is 1. The van der Waals surface area contributed by atoms with E-state index in [2.05, 4.69) is 4.72 Å². The van der Waals surface area contributed by atoms with Crippen LogP contribution in [0.1, 0.15) is 24.2 Å². The molecular weight excluding hydrogens is 292 g/mol. The zero-order valence-corrected chi connectivity index (χ0v) is 12.3. The standard InChI is InChI=1S/C11H15ClN2O4S/c1-7(2)14(3)19(17,18)13-10-5-4-8(12)6-9(10)11(15)16/h4-7,13H,1-3H3,(H,15,16). The minimum Gasteiger partial charge on any atom is -0.478 e. The molecule has 0 saturated heterocycles. The minimum absolute atomic E-state index is 0.0237. The van der Waals surface area contributed by atoms with Gasteiger partial charge >= 0.3 is 16.2 Å². The van der Waals surface area contributed by atoms with E-state index in [0.29, 0.717) is 0 Å². The molecule has 19 heavy (non-hydrogen) atoms. The Morgan fingerprint density at radius 1 is 1.42 bits per heavy atom. The second-order valence-electron chi connectivity index (χ2n) is 4.21. The van der Waals surface area contributed by atoms with Gasteiger partial charge in [-0.1, -0.05) is 11.6 Å². The molecule has 0 fully saturated rings. The second kappa shape index (κ2) is 5.77. The molecule has 0 aliphatic heterocycles. The van der Waals surface area contributed by atoms with E-state index in [1.807, 2.05) is 0 Å². The quantitative estimate of drug-likeness (QED) is 0.871. The van der Waals surface area contributed by atoms with Crippen molar-refractivity contribution in [2.75, 3.05) is 11.8 Å².